The average molecular weight is 388 g/mol. The molecule has 0 fully saturated rings. The molecular weight excluding hydrogens is 368 g/mol. The molecule has 0 aliphatic carbocycles. The molecular formula is C22H20N4O3. The monoisotopic (exact) mass is 388 g/mol. The molecule has 7 heteroatoms. The molecule has 4 rings (SSSR count). The van der Waals surface area contributed by atoms with Crippen LogP contribution in [0.3, 0.4) is 0 Å². The van der Waals surface area contributed by atoms with E-state index >= 15 is 0 Å². The molecule has 4 aromatic rings. The van der Waals surface area contributed by atoms with Gasteiger partial charge in [0, 0.05) is 17.3 Å². The van der Waals surface area contributed by atoms with Crippen LogP contribution in [0.15, 0.2) is 60.8 Å². The number of nitrogens with one attached hydrogen (secondary N) is 1. The molecule has 0 spiro atoms. The molecule has 29 heavy (non-hydrogen) atoms. The maximum Gasteiger partial charge on any atom is 0.259 e. The van der Waals surface area contributed by atoms with Crippen molar-refractivity contribution in [2.45, 2.75) is 6.92 Å². The molecule has 0 saturated heterocycles. The predicted molar refractivity (Wildman–Crippen MR) is 111 cm³/mol. The lowest BCUT2D eigenvalue weighted by Crippen LogP contribution is -2.14. The molecule has 2 heterocycles. The van der Waals surface area contributed by atoms with Crippen LogP contribution in [0.5, 0.6) is 11.6 Å². The first-order valence-electron chi connectivity index (χ1n) is 9.05. The Labute approximate surface area is 167 Å². The number of aryl methyl sites for hydroxylation is 1. The third-order valence-corrected chi connectivity index (χ3v) is 4.64. The van der Waals surface area contributed by atoms with Crippen LogP contribution in [0.2, 0.25) is 0 Å². The Morgan fingerprint density at radius 2 is 1.86 bits per heavy atom. The normalized spacial score (nSPS) is 10.7. The van der Waals surface area contributed by atoms with Gasteiger partial charge in [-0.15, -0.1) is 5.10 Å². The number of imidazole rings is 1. The number of hydrogen-bond acceptors (Lipinski definition) is 5. The number of carbonyl (C=O) groups excluding carboxylic acids is 1. The van der Waals surface area contributed by atoms with Crippen molar-refractivity contribution in [2.24, 2.45) is 0 Å². The van der Waals surface area contributed by atoms with Crippen LogP contribution in [-0.4, -0.2) is 34.7 Å². The van der Waals surface area contributed by atoms with Gasteiger partial charge in [-0.05, 0) is 36.8 Å². The van der Waals surface area contributed by atoms with Crippen molar-refractivity contribution in [2.75, 3.05) is 19.5 Å². The summed E-state index contributed by atoms with van der Waals surface area (Å²) in [7, 11) is 3.12. The number of nitrogens with zero attached hydrogens (tertiary/aromatic N) is 3. The van der Waals surface area contributed by atoms with E-state index in [-0.39, 0.29) is 5.91 Å². The number of fused-ring (bicyclic) bond motifs is 1. The van der Waals surface area contributed by atoms with Crippen molar-refractivity contribution in [3.63, 3.8) is 0 Å². The molecule has 146 valence electrons. The quantitative estimate of drug-likeness (QED) is 0.560. The van der Waals surface area contributed by atoms with Gasteiger partial charge >= 0.3 is 0 Å². The Morgan fingerprint density at radius 3 is 2.66 bits per heavy atom. The number of benzene rings is 2. The smallest absolute Gasteiger partial charge is 0.259 e. The number of aromatic nitrogens is 3. The van der Waals surface area contributed by atoms with Gasteiger partial charge in [-0.1, -0.05) is 24.3 Å². The summed E-state index contributed by atoms with van der Waals surface area (Å²) < 4.78 is 12.1. The second-order valence-electron chi connectivity index (χ2n) is 6.49. The van der Waals surface area contributed by atoms with Gasteiger partial charge in [-0.3, -0.25) is 4.79 Å². The van der Waals surface area contributed by atoms with E-state index in [1.165, 1.54) is 0 Å². The summed E-state index contributed by atoms with van der Waals surface area (Å²) >= 11 is 0. The van der Waals surface area contributed by atoms with Gasteiger partial charge in [0.05, 0.1) is 31.7 Å². The number of rotatable bonds is 5. The molecule has 0 bridgehead atoms. The van der Waals surface area contributed by atoms with Gasteiger partial charge in [0.2, 0.25) is 5.88 Å². The first kappa shape index (κ1) is 18.5. The second-order valence-corrected chi connectivity index (χ2v) is 6.49. The first-order chi connectivity index (χ1) is 14.1. The number of carbonyl (C=O) groups is 1. The minimum Gasteiger partial charge on any atom is -0.496 e. The number of amides is 1. The summed E-state index contributed by atoms with van der Waals surface area (Å²) in [6.45, 7) is 1.94. The molecule has 0 saturated carbocycles. The van der Waals surface area contributed by atoms with Crippen LogP contribution in [0, 0.1) is 6.92 Å². The summed E-state index contributed by atoms with van der Waals surface area (Å²) in [5.74, 6) is 0.804. The van der Waals surface area contributed by atoms with Gasteiger partial charge in [-0.2, -0.15) is 0 Å². The largest absolute Gasteiger partial charge is 0.496 e. The van der Waals surface area contributed by atoms with Crippen molar-refractivity contribution in [1.82, 2.24) is 14.6 Å². The molecule has 1 N–H and O–H groups in total. The zero-order valence-corrected chi connectivity index (χ0v) is 16.3. The second kappa shape index (κ2) is 7.63. The van der Waals surface area contributed by atoms with E-state index in [4.69, 9.17) is 9.47 Å². The summed E-state index contributed by atoms with van der Waals surface area (Å²) in [5.41, 5.74) is 4.46. The molecule has 2 aromatic heterocycles. The van der Waals surface area contributed by atoms with Crippen molar-refractivity contribution in [3.8, 4) is 22.9 Å². The third-order valence-electron chi connectivity index (χ3n) is 4.64. The van der Waals surface area contributed by atoms with Crippen LogP contribution in [-0.2, 0) is 0 Å². The van der Waals surface area contributed by atoms with Crippen molar-refractivity contribution >= 4 is 17.2 Å². The zero-order valence-electron chi connectivity index (χ0n) is 16.3. The Morgan fingerprint density at radius 1 is 1.03 bits per heavy atom. The van der Waals surface area contributed by atoms with Gasteiger partial charge < -0.3 is 14.8 Å². The Hall–Kier alpha value is -3.87. The lowest BCUT2D eigenvalue weighted by molar-refractivity contribution is 0.102. The average Bonchev–Trinajstić information content (AvgIpc) is 3.18. The summed E-state index contributed by atoms with van der Waals surface area (Å²) in [4.78, 5) is 17.4. The molecule has 1 amide bonds. The van der Waals surface area contributed by atoms with Gasteiger partial charge in [-0.25, -0.2) is 9.50 Å². The van der Waals surface area contributed by atoms with Crippen molar-refractivity contribution in [1.29, 1.82) is 0 Å². The van der Waals surface area contributed by atoms with Crippen LogP contribution in [0.4, 0.5) is 5.69 Å². The first-order valence-corrected chi connectivity index (χ1v) is 9.05. The van der Waals surface area contributed by atoms with E-state index in [9.17, 15) is 4.79 Å². The van der Waals surface area contributed by atoms with E-state index in [1.807, 2.05) is 43.5 Å². The maximum atomic E-state index is 12.8. The van der Waals surface area contributed by atoms with Crippen molar-refractivity contribution in [3.05, 3.63) is 71.9 Å². The molecule has 0 aliphatic heterocycles. The molecule has 0 aliphatic rings. The molecule has 7 nitrogen and oxygen atoms in total. The van der Waals surface area contributed by atoms with E-state index in [2.05, 4.69) is 15.4 Å². The highest BCUT2D eigenvalue weighted by molar-refractivity contribution is 6.06. The van der Waals surface area contributed by atoms with E-state index in [0.29, 0.717) is 28.5 Å². The van der Waals surface area contributed by atoms with Crippen LogP contribution < -0.4 is 14.8 Å². The molecule has 0 unspecified atom stereocenters. The fourth-order valence-electron chi connectivity index (χ4n) is 3.05. The lowest BCUT2D eigenvalue weighted by atomic mass is 10.1. The third kappa shape index (κ3) is 3.62. The van der Waals surface area contributed by atoms with E-state index in [0.717, 1.165) is 16.8 Å². The summed E-state index contributed by atoms with van der Waals surface area (Å²) in [6.07, 6.45) is 1.83. The van der Waals surface area contributed by atoms with Gasteiger partial charge in [0.15, 0.2) is 5.65 Å². The number of anilines is 1. The number of methoxy groups -OCH3 is 2. The van der Waals surface area contributed by atoms with Gasteiger partial charge in [0.25, 0.3) is 5.91 Å². The molecule has 2 aromatic carbocycles. The highest BCUT2D eigenvalue weighted by Crippen LogP contribution is 2.27. The van der Waals surface area contributed by atoms with Crippen LogP contribution in [0.1, 0.15) is 15.9 Å². The van der Waals surface area contributed by atoms with Crippen molar-refractivity contribution < 1.29 is 14.3 Å². The Kier molecular flexibility index (Phi) is 4.87. The summed E-state index contributed by atoms with van der Waals surface area (Å²) in [5, 5.41) is 7.31. The van der Waals surface area contributed by atoms with E-state index < -0.39 is 0 Å². The number of hydrogen-bond donors (Lipinski definition) is 1. The highest BCUT2D eigenvalue weighted by atomic mass is 16.5. The highest BCUT2D eigenvalue weighted by Gasteiger charge is 2.14. The van der Waals surface area contributed by atoms with Gasteiger partial charge in [0.1, 0.15) is 5.75 Å². The summed E-state index contributed by atoms with van der Waals surface area (Å²) in [6, 6.07) is 16.5. The Balaban J connectivity index is 1.66. The fraction of sp³-hybridized carbons (Fsp3) is 0.136. The lowest BCUT2D eigenvalue weighted by Gasteiger charge is -2.12. The standard InChI is InChI=1S/C22H20N4O3/c1-14-8-9-15(18-13-26-20(23-18)10-11-21(25-26)29-3)12-17(14)24-22(27)16-6-4-5-7-19(16)28-2/h4-13H,1-3H3,(H,24,27). The predicted octanol–water partition coefficient (Wildman–Crippen LogP) is 3.97. The van der Waals surface area contributed by atoms with Crippen LogP contribution >= 0.6 is 0 Å². The topological polar surface area (TPSA) is 77.8 Å². The van der Waals surface area contributed by atoms with E-state index in [1.54, 1.807) is 43.0 Å². The zero-order chi connectivity index (χ0) is 20.4. The number of para-hydroxylation sites is 1. The SMILES string of the molecule is COc1ccc2nc(-c3ccc(C)c(NC(=O)c4ccccc4OC)c3)cn2n1. The molecule has 0 radical (unpaired) electrons. The fourth-order valence-corrected chi connectivity index (χ4v) is 3.05. The molecule has 0 atom stereocenters. The maximum absolute atomic E-state index is 12.8. The van der Waals surface area contributed by atoms with Crippen LogP contribution in [0.25, 0.3) is 16.9 Å². The minimum absolute atomic E-state index is 0.232. The minimum atomic E-state index is -0.232. The Bertz CT molecular complexity index is 1200. The number of ether oxygens (including phenoxy) is 2.